The van der Waals surface area contributed by atoms with Gasteiger partial charge in [-0.3, -0.25) is 0 Å². The number of hydrogen-bond acceptors (Lipinski definition) is 2. The van der Waals surface area contributed by atoms with Gasteiger partial charge in [0, 0.05) is 6.54 Å². The first-order chi connectivity index (χ1) is 9.56. The van der Waals surface area contributed by atoms with E-state index < -0.39 is 0 Å². The van der Waals surface area contributed by atoms with E-state index in [9.17, 15) is 0 Å². The van der Waals surface area contributed by atoms with Crippen LogP contribution >= 0.6 is 0 Å². The molecule has 106 valence electrons. The molecule has 0 radical (unpaired) electrons. The van der Waals surface area contributed by atoms with Crippen LogP contribution in [0.15, 0.2) is 42.5 Å². The molecule has 2 heteroatoms. The smallest absolute Gasteiger partial charge is 0.0606 e. The van der Waals surface area contributed by atoms with Crippen molar-refractivity contribution < 1.29 is 0 Å². The summed E-state index contributed by atoms with van der Waals surface area (Å²) in [6, 6.07) is 14.8. The summed E-state index contributed by atoms with van der Waals surface area (Å²) in [6.07, 6.45) is 1.14. The third kappa shape index (κ3) is 3.77. The van der Waals surface area contributed by atoms with E-state index in [-0.39, 0.29) is 0 Å². The molecule has 3 N–H and O–H groups in total. The van der Waals surface area contributed by atoms with Crippen molar-refractivity contribution in [3.8, 4) is 0 Å². The third-order valence-electron chi connectivity index (χ3n) is 3.44. The molecule has 0 atom stereocenters. The number of hydrogen-bond donors (Lipinski definition) is 2. The van der Waals surface area contributed by atoms with Crippen LogP contribution in [0.4, 0.5) is 11.4 Å². The summed E-state index contributed by atoms with van der Waals surface area (Å²) in [5.74, 6) is 0.700. The Hall–Kier alpha value is -1.96. The number of aryl methyl sites for hydroxylation is 1. The zero-order valence-electron chi connectivity index (χ0n) is 12.6. The van der Waals surface area contributed by atoms with Crippen LogP contribution in [-0.2, 0) is 13.0 Å². The van der Waals surface area contributed by atoms with Crippen LogP contribution in [0.3, 0.4) is 0 Å². The summed E-state index contributed by atoms with van der Waals surface area (Å²) < 4.78 is 0. The summed E-state index contributed by atoms with van der Waals surface area (Å²) in [6.45, 7) is 7.37. The number of rotatable bonds is 5. The molecule has 2 nitrogen and oxygen atoms in total. The molecule has 0 aromatic heterocycles. The lowest BCUT2D eigenvalue weighted by Crippen LogP contribution is -2.04. The van der Waals surface area contributed by atoms with Gasteiger partial charge in [-0.05, 0) is 42.0 Å². The molecular formula is C18H24N2. The van der Waals surface area contributed by atoms with Crippen molar-refractivity contribution in [1.82, 2.24) is 0 Å². The van der Waals surface area contributed by atoms with Gasteiger partial charge >= 0.3 is 0 Å². The van der Waals surface area contributed by atoms with E-state index in [2.05, 4.69) is 56.4 Å². The largest absolute Gasteiger partial charge is 0.397 e. The summed E-state index contributed by atoms with van der Waals surface area (Å²) >= 11 is 0. The maximum atomic E-state index is 6.00. The second kappa shape index (κ2) is 6.47. The van der Waals surface area contributed by atoms with Crippen molar-refractivity contribution in [3.63, 3.8) is 0 Å². The van der Waals surface area contributed by atoms with Gasteiger partial charge in [0.05, 0.1) is 11.4 Å². The number of nitrogens with one attached hydrogen (secondary N) is 1. The molecule has 0 heterocycles. The highest BCUT2D eigenvalue weighted by Gasteiger charge is 2.03. The van der Waals surface area contributed by atoms with Crippen molar-refractivity contribution >= 4 is 11.4 Å². The van der Waals surface area contributed by atoms with Crippen molar-refractivity contribution in [2.45, 2.75) is 33.7 Å². The van der Waals surface area contributed by atoms with Crippen LogP contribution in [-0.4, -0.2) is 0 Å². The molecule has 0 saturated carbocycles. The fourth-order valence-corrected chi connectivity index (χ4v) is 2.39. The molecule has 0 spiro atoms. The van der Waals surface area contributed by atoms with E-state index in [1.807, 2.05) is 12.1 Å². The Balaban J connectivity index is 2.00. The van der Waals surface area contributed by atoms with Gasteiger partial charge in [-0.25, -0.2) is 0 Å². The van der Waals surface area contributed by atoms with Gasteiger partial charge in [0.1, 0.15) is 0 Å². The number of anilines is 2. The van der Waals surface area contributed by atoms with Gasteiger partial charge in [0.25, 0.3) is 0 Å². The van der Waals surface area contributed by atoms with E-state index in [4.69, 9.17) is 5.73 Å². The van der Waals surface area contributed by atoms with Crippen molar-refractivity contribution in [1.29, 1.82) is 0 Å². The predicted molar refractivity (Wildman–Crippen MR) is 87.9 cm³/mol. The lowest BCUT2D eigenvalue weighted by Gasteiger charge is -2.13. The normalized spacial score (nSPS) is 10.8. The van der Waals surface area contributed by atoms with E-state index in [1.165, 1.54) is 16.7 Å². The standard InChI is InChI=1S/C18H24N2/c1-13(2)11-15-7-9-16(10-8-15)12-20-18-14(3)5-4-6-17(18)19/h4-10,13,20H,11-12,19H2,1-3H3. The molecule has 0 aliphatic rings. The zero-order chi connectivity index (χ0) is 14.5. The molecule has 0 fully saturated rings. The molecular weight excluding hydrogens is 244 g/mol. The minimum absolute atomic E-state index is 0.700. The maximum absolute atomic E-state index is 6.00. The molecule has 0 unspecified atom stereocenters. The Morgan fingerprint density at radius 1 is 1.00 bits per heavy atom. The van der Waals surface area contributed by atoms with E-state index in [0.29, 0.717) is 5.92 Å². The lowest BCUT2D eigenvalue weighted by atomic mass is 10.0. The van der Waals surface area contributed by atoms with Crippen LogP contribution < -0.4 is 11.1 Å². The lowest BCUT2D eigenvalue weighted by molar-refractivity contribution is 0.647. The minimum Gasteiger partial charge on any atom is -0.397 e. The van der Waals surface area contributed by atoms with Crippen molar-refractivity contribution in [2.75, 3.05) is 11.1 Å². The first-order valence-corrected chi connectivity index (χ1v) is 7.23. The Kier molecular flexibility index (Phi) is 4.67. The average Bonchev–Trinajstić information content (AvgIpc) is 2.39. The summed E-state index contributed by atoms with van der Waals surface area (Å²) in [7, 11) is 0. The van der Waals surface area contributed by atoms with Gasteiger partial charge in [0.15, 0.2) is 0 Å². The zero-order valence-corrected chi connectivity index (χ0v) is 12.6. The van der Waals surface area contributed by atoms with Gasteiger partial charge in [-0.2, -0.15) is 0 Å². The predicted octanol–water partition coefficient (Wildman–Crippen LogP) is 4.39. The SMILES string of the molecule is Cc1cccc(N)c1NCc1ccc(CC(C)C)cc1. The summed E-state index contributed by atoms with van der Waals surface area (Å²) in [4.78, 5) is 0. The molecule has 0 saturated heterocycles. The molecule has 2 rings (SSSR count). The van der Waals surface area contributed by atoms with Crippen LogP contribution in [0.1, 0.15) is 30.5 Å². The average molecular weight is 268 g/mol. The van der Waals surface area contributed by atoms with Gasteiger partial charge in [-0.15, -0.1) is 0 Å². The highest BCUT2D eigenvalue weighted by atomic mass is 14.9. The fourth-order valence-electron chi connectivity index (χ4n) is 2.39. The number of benzene rings is 2. The van der Waals surface area contributed by atoms with Gasteiger partial charge in [0.2, 0.25) is 0 Å². The fraction of sp³-hybridized carbons (Fsp3) is 0.333. The molecule has 2 aromatic rings. The maximum Gasteiger partial charge on any atom is 0.0606 e. The Bertz CT molecular complexity index is 536. The molecule has 20 heavy (non-hydrogen) atoms. The molecule has 2 aromatic carbocycles. The highest BCUT2D eigenvalue weighted by Crippen LogP contribution is 2.23. The molecule has 0 bridgehead atoms. The first-order valence-electron chi connectivity index (χ1n) is 7.23. The molecule has 0 aliphatic carbocycles. The van der Waals surface area contributed by atoms with Crippen LogP contribution in [0.25, 0.3) is 0 Å². The van der Waals surface area contributed by atoms with E-state index in [1.54, 1.807) is 0 Å². The Morgan fingerprint density at radius 3 is 2.25 bits per heavy atom. The topological polar surface area (TPSA) is 38.0 Å². The van der Waals surface area contributed by atoms with Gasteiger partial charge < -0.3 is 11.1 Å². The number of para-hydroxylation sites is 1. The van der Waals surface area contributed by atoms with E-state index in [0.717, 1.165) is 24.3 Å². The molecule has 0 amide bonds. The van der Waals surface area contributed by atoms with E-state index >= 15 is 0 Å². The summed E-state index contributed by atoms with van der Waals surface area (Å²) in [5, 5.41) is 3.43. The van der Waals surface area contributed by atoms with Crippen molar-refractivity contribution in [3.05, 3.63) is 59.2 Å². The third-order valence-corrected chi connectivity index (χ3v) is 3.44. The second-order valence-corrected chi connectivity index (χ2v) is 5.81. The quantitative estimate of drug-likeness (QED) is 0.789. The number of nitrogen functional groups attached to an aromatic ring is 1. The Morgan fingerprint density at radius 2 is 1.65 bits per heavy atom. The summed E-state index contributed by atoms with van der Waals surface area (Å²) in [5.41, 5.74) is 11.7. The van der Waals surface area contributed by atoms with Crippen LogP contribution in [0, 0.1) is 12.8 Å². The highest BCUT2D eigenvalue weighted by molar-refractivity contribution is 5.69. The molecule has 0 aliphatic heterocycles. The monoisotopic (exact) mass is 268 g/mol. The van der Waals surface area contributed by atoms with Crippen LogP contribution in [0.5, 0.6) is 0 Å². The number of nitrogens with two attached hydrogens (primary N) is 1. The van der Waals surface area contributed by atoms with Crippen molar-refractivity contribution in [2.24, 2.45) is 5.92 Å². The van der Waals surface area contributed by atoms with Crippen LogP contribution in [0.2, 0.25) is 0 Å². The first kappa shape index (κ1) is 14.4. The minimum atomic E-state index is 0.700. The Labute approximate surface area is 122 Å². The second-order valence-electron chi connectivity index (χ2n) is 5.81. The van der Waals surface area contributed by atoms with Gasteiger partial charge in [-0.1, -0.05) is 50.2 Å².